The second-order valence-corrected chi connectivity index (χ2v) is 10.4. The molecule has 0 spiro atoms. The summed E-state index contributed by atoms with van der Waals surface area (Å²) < 4.78 is 0. The van der Waals surface area contributed by atoms with E-state index < -0.39 is 0 Å². The van der Waals surface area contributed by atoms with Gasteiger partial charge in [0.2, 0.25) is 0 Å². The van der Waals surface area contributed by atoms with Gasteiger partial charge in [0, 0.05) is 67.0 Å². The molecule has 7 heteroatoms. The van der Waals surface area contributed by atoms with E-state index in [1.165, 1.54) is 25.7 Å². The largest absolute Gasteiger partial charge is 0.532 e. The quantitative estimate of drug-likeness (QED) is 0.226. The first-order valence-corrected chi connectivity index (χ1v) is 12.6. The number of nitrogens with zero attached hydrogens (tertiary/aromatic N) is 2. The molecule has 1 aromatic heterocycles. The Labute approximate surface area is 236 Å². The maximum absolute atomic E-state index is 13.1. The molecule has 0 unspecified atom stereocenters. The molecule has 2 aliphatic rings. The zero-order valence-corrected chi connectivity index (χ0v) is 25.2. The number of hydrogen-bond donors (Lipinski definition) is 2. The number of fused-ring (bicyclic) bond motifs is 1. The van der Waals surface area contributed by atoms with Crippen LogP contribution in [0.5, 0.6) is 5.75 Å². The summed E-state index contributed by atoms with van der Waals surface area (Å²) in [5, 5.41) is 14.6. The van der Waals surface area contributed by atoms with E-state index in [1.807, 2.05) is 12.1 Å². The van der Waals surface area contributed by atoms with Gasteiger partial charge in [0.1, 0.15) is 0 Å². The van der Waals surface area contributed by atoms with E-state index in [-0.39, 0.29) is 53.6 Å². The molecule has 0 amide bonds. The number of benzene rings is 2. The van der Waals surface area contributed by atoms with Gasteiger partial charge >= 0.3 is 0 Å². The van der Waals surface area contributed by atoms with Gasteiger partial charge in [0.25, 0.3) is 0 Å². The monoisotopic (exact) mass is 714 g/mol. The van der Waals surface area contributed by atoms with Crippen molar-refractivity contribution in [2.24, 2.45) is 11.8 Å². The summed E-state index contributed by atoms with van der Waals surface area (Å²) in [4.78, 5) is 20.1. The van der Waals surface area contributed by atoms with Crippen molar-refractivity contribution in [2.75, 3.05) is 26.0 Å². The fraction of sp³-hybridized carbons (Fsp3) is 0.429. The van der Waals surface area contributed by atoms with Gasteiger partial charge in [-0.1, -0.05) is 17.7 Å². The van der Waals surface area contributed by atoms with E-state index in [4.69, 9.17) is 11.6 Å². The minimum Gasteiger partial charge on any atom is -0.532 e. The Balaban J connectivity index is 0.00000289. The fourth-order valence-corrected chi connectivity index (χ4v) is 5.23. The van der Waals surface area contributed by atoms with Crippen molar-refractivity contribution in [3.63, 3.8) is 0 Å². The number of carbonyl (C=O) groups excluding carboxylic acids is 1. The molecule has 2 aliphatic carbocycles. The normalized spacial score (nSPS) is 20.0. The summed E-state index contributed by atoms with van der Waals surface area (Å²) >= 11 is 6.13. The van der Waals surface area contributed by atoms with Crippen LogP contribution >= 0.6 is 11.6 Å². The maximum atomic E-state index is 13.1. The predicted molar refractivity (Wildman–Crippen MR) is 138 cm³/mol. The molecule has 0 bridgehead atoms. The topological polar surface area (TPSA) is 65.5 Å². The molecule has 2 N–H and O–H groups in total. The number of hydrogen-bond acceptors (Lipinski definition) is 5. The van der Waals surface area contributed by atoms with Crippen LogP contribution < -0.4 is 5.32 Å². The van der Waals surface area contributed by atoms with Crippen molar-refractivity contribution < 1.29 is 41.0 Å². The number of carbonyl (C=O) groups is 1. The van der Waals surface area contributed by atoms with Gasteiger partial charge in [-0.2, -0.15) is 17.7 Å². The average molecular weight is 715 g/mol. The zero-order valence-electron chi connectivity index (χ0n) is 20.3. The number of pyridine rings is 1. The third-order valence-corrected chi connectivity index (χ3v) is 7.69. The Kier molecular flexibility index (Phi) is 8.49. The molecule has 0 atom stereocenters. The third kappa shape index (κ3) is 5.88. The molecule has 5 rings (SSSR count). The van der Waals surface area contributed by atoms with Crippen LogP contribution in [0.25, 0.3) is 22.0 Å². The molecule has 2 fully saturated rings. The first-order valence-electron chi connectivity index (χ1n) is 12.2. The van der Waals surface area contributed by atoms with Crippen LogP contribution in [0.3, 0.4) is 0 Å². The third-order valence-electron chi connectivity index (χ3n) is 7.40. The Hall–Kier alpha value is -1.58. The van der Waals surface area contributed by atoms with Crippen LogP contribution in [0, 0.1) is 49.0 Å². The SMILES string of the molecule is CN(C)C1CCC(CNc2c(C(=O)C3CC3)cnc3ccc(-c4c[c-]c(O)c(Cl)c4)cc23)CC1.[U]. The van der Waals surface area contributed by atoms with Crippen molar-refractivity contribution in [3.05, 3.63) is 53.2 Å². The Morgan fingerprint density at radius 2 is 1.89 bits per heavy atom. The van der Waals surface area contributed by atoms with Crippen LogP contribution in [0.1, 0.15) is 48.9 Å². The van der Waals surface area contributed by atoms with E-state index >= 15 is 0 Å². The van der Waals surface area contributed by atoms with E-state index in [1.54, 1.807) is 18.3 Å². The van der Waals surface area contributed by atoms with Gasteiger partial charge in [-0.3, -0.25) is 9.78 Å². The van der Waals surface area contributed by atoms with Gasteiger partial charge in [0.15, 0.2) is 5.78 Å². The standard InChI is InChI=1S/C28H31ClN3O2.U/c1-32(2)21-9-3-17(4-10-21)15-31-27-22-13-19(20-8-12-26(33)24(29)14-20)7-11-25(22)30-16-23(27)28(34)18-5-6-18;/h7-8,11,13-14,16-18,21,33H,3-6,9-10,15H2,1-2H3,(H,30,31);/q-1;. The van der Waals surface area contributed by atoms with E-state index in [2.05, 4.69) is 41.4 Å². The molecular weight excluding hydrogens is 684 g/mol. The molecule has 3 aromatic rings. The van der Waals surface area contributed by atoms with Gasteiger partial charge in [-0.15, -0.1) is 17.7 Å². The number of nitrogens with one attached hydrogen (secondary N) is 1. The van der Waals surface area contributed by atoms with E-state index in [0.717, 1.165) is 47.1 Å². The smallest absolute Gasteiger partial charge is 0.169 e. The minimum absolute atomic E-state index is 0. The van der Waals surface area contributed by atoms with Crippen LogP contribution in [-0.4, -0.2) is 47.5 Å². The second-order valence-electron chi connectivity index (χ2n) is 10.0. The van der Waals surface area contributed by atoms with Crippen molar-refractivity contribution in [3.8, 4) is 16.9 Å². The van der Waals surface area contributed by atoms with Gasteiger partial charge in [-0.25, -0.2) is 0 Å². The predicted octanol–water partition coefficient (Wildman–Crippen LogP) is 6.19. The van der Waals surface area contributed by atoms with Crippen molar-refractivity contribution in [1.82, 2.24) is 9.88 Å². The van der Waals surface area contributed by atoms with Gasteiger partial charge < -0.3 is 15.3 Å². The Bertz CT molecular complexity index is 1220. The zero-order chi connectivity index (χ0) is 23.8. The van der Waals surface area contributed by atoms with Crippen molar-refractivity contribution >= 4 is 34.0 Å². The van der Waals surface area contributed by atoms with Crippen LogP contribution in [-0.2, 0) is 0 Å². The average Bonchev–Trinajstić information content (AvgIpc) is 3.69. The van der Waals surface area contributed by atoms with Crippen LogP contribution in [0.15, 0.2) is 36.5 Å². The summed E-state index contributed by atoms with van der Waals surface area (Å²) in [6.45, 7) is 0.854. The molecule has 35 heavy (non-hydrogen) atoms. The number of rotatable bonds is 7. The first kappa shape index (κ1) is 26.5. The number of phenolic OH excluding ortho intramolecular Hbond substituents is 1. The minimum atomic E-state index is -0.0588. The molecule has 0 radical (unpaired) electrons. The summed E-state index contributed by atoms with van der Waals surface area (Å²) in [6.07, 6.45) is 8.49. The number of ketones is 1. The Morgan fingerprint density at radius 1 is 1.14 bits per heavy atom. The van der Waals surface area contributed by atoms with E-state index in [0.29, 0.717) is 17.5 Å². The number of phenols is 1. The molecule has 182 valence electrons. The summed E-state index contributed by atoms with van der Waals surface area (Å²) in [7, 11) is 4.33. The summed E-state index contributed by atoms with van der Waals surface area (Å²) in [6, 6.07) is 13.0. The molecule has 2 saturated carbocycles. The number of halogens is 1. The number of aromatic nitrogens is 1. The molecule has 0 saturated heterocycles. The molecular formula is C28H31ClN3O2U-. The number of Topliss-reactive ketones (excluding diaryl/α,β-unsaturated/α-hetero) is 1. The van der Waals surface area contributed by atoms with Gasteiger partial charge in [-0.05, 0) is 69.6 Å². The summed E-state index contributed by atoms with van der Waals surface area (Å²) in [5.74, 6) is 0.858. The van der Waals surface area contributed by atoms with Crippen LogP contribution in [0.2, 0.25) is 5.02 Å². The Morgan fingerprint density at radius 3 is 2.54 bits per heavy atom. The molecule has 2 aromatic carbocycles. The molecule has 0 aliphatic heterocycles. The fourth-order valence-electron chi connectivity index (χ4n) is 5.05. The second kappa shape index (κ2) is 11.2. The van der Waals surface area contributed by atoms with Crippen molar-refractivity contribution in [1.29, 1.82) is 0 Å². The maximum Gasteiger partial charge on any atom is 0.169 e. The molecule has 5 nitrogen and oxygen atoms in total. The van der Waals surface area contributed by atoms with Crippen LogP contribution in [0.4, 0.5) is 5.69 Å². The van der Waals surface area contributed by atoms with Gasteiger partial charge in [0.05, 0.1) is 16.8 Å². The van der Waals surface area contributed by atoms with Crippen molar-refractivity contribution in [2.45, 2.75) is 44.6 Å². The molecule has 1 heterocycles. The summed E-state index contributed by atoms with van der Waals surface area (Å²) in [5.41, 5.74) is 4.25. The number of anilines is 1. The first-order chi connectivity index (χ1) is 16.4. The number of aromatic hydroxyl groups is 1. The van der Waals surface area contributed by atoms with E-state index in [9.17, 15) is 9.90 Å².